The molecule has 0 aliphatic heterocycles. The Morgan fingerprint density at radius 2 is 2.22 bits per heavy atom. The Kier molecular flexibility index (Phi) is 6.80. The van der Waals surface area contributed by atoms with Crippen LogP contribution in [-0.2, 0) is 9.53 Å². The first-order valence-electron chi connectivity index (χ1n) is 1.73. The van der Waals surface area contributed by atoms with Gasteiger partial charge in [0, 0.05) is 6.54 Å². The molecule has 0 aromatic rings. The maximum absolute atomic E-state index is 9.90. The molecule has 0 aliphatic carbocycles. The molecule has 9 heavy (non-hydrogen) atoms. The van der Waals surface area contributed by atoms with E-state index in [-0.39, 0.29) is 25.4 Å². The van der Waals surface area contributed by atoms with Crippen LogP contribution < -0.4 is 18.9 Å². The smallest absolute Gasteiger partial charge is 0.487 e. The summed E-state index contributed by atoms with van der Waals surface area (Å²) in [5.41, 5.74) is 0. The van der Waals surface area contributed by atoms with E-state index in [1.54, 1.807) is 0 Å². The molecule has 0 unspecified atom stereocenters. The number of nitrogens with zero attached hydrogens (tertiary/aromatic N) is 1. The third-order valence-electron chi connectivity index (χ3n) is 0.412. The standard InChI is InChI=1S/C3H4NO4.Li/c1-8-3(5)2-4(6)7;/h2H,1H3;/q-1;+1. The van der Waals surface area contributed by atoms with Crippen molar-refractivity contribution in [1.29, 1.82) is 0 Å². The molecule has 0 spiro atoms. The van der Waals surface area contributed by atoms with Crippen LogP contribution in [0.25, 0.3) is 0 Å². The maximum Gasteiger partial charge on any atom is 1.00 e. The summed E-state index contributed by atoms with van der Waals surface area (Å²) in [5, 5.41) is 9.42. The van der Waals surface area contributed by atoms with Gasteiger partial charge in [-0.2, -0.15) is 0 Å². The first-order chi connectivity index (χ1) is 3.66. The van der Waals surface area contributed by atoms with Crippen LogP contribution in [0.3, 0.4) is 0 Å². The summed E-state index contributed by atoms with van der Waals surface area (Å²) >= 11 is 0. The second-order valence-electron chi connectivity index (χ2n) is 0.938. The summed E-state index contributed by atoms with van der Waals surface area (Å²) in [6.07, 6.45) is 0. The van der Waals surface area contributed by atoms with E-state index in [1.165, 1.54) is 0 Å². The van der Waals surface area contributed by atoms with Crippen LogP contribution in [0.5, 0.6) is 0 Å². The fraction of sp³-hybridized carbons (Fsp3) is 0.333. The summed E-state index contributed by atoms with van der Waals surface area (Å²) in [6.45, 7) is 0.250. The normalized spacial score (nSPS) is 6.78. The summed E-state index contributed by atoms with van der Waals surface area (Å²) in [6, 6.07) is 0. The quantitative estimate of drug-likeness (QED) is 0.127. The first kappa shape index (κ1) is 11.2. The van der Waals surface area contributed by atoms with Crippen molar-refractivity contribution in [3.63, 3.8) is 0 Å². The number of ether oxygens (including phenoxy) is 1. The van der Waals surface area contributed by atoms with Crippen molar-refractivity contribution in [1.82, 2.24) is 0 Å². The van der Waals surface area contributed by atoms with Crippen molar-refractivity contribution in [2.75, 3.05) is 7.11 Å². The molecule has 0 aliphatic rings. The minimum absolute atomic E-state index is 0. The molecule has 0 amide bonds. The zero-order chi connectivity index (χ0) is 6.57. The Labute approximate surface area is 63.7 Å². The number of nitro groups is 1. The van der Waals surface area contributed by atoms with Crippen molar-refractivity contribution < 1.29 is 33.3 Å². The summed E-state index contributed by atoms with van der Waals surface area (Å²) in [4.78, 5) is 18.5. The molecule has 5 nitrogen and oxygen atoms in total. The summed E-state index contributed by atoms with van der Waals surface area (Å²) < 4.78 is 3.92. The Hall–Kier alpha value is -0.663. The molecule has 0 bridgehead atoms. The van der Waals surface area contributed by atoms with E-state index in [4.69, 9.17) is 0 Å². The molecule has 0 aromatic heterocycles. The second-order valence-corrected chi connectivity index (χ2v) is 0.938. The number of hydrogen-bond donors (Lipinski definition) is 0. The van der Waals surface area contributed by atoms with Gasteiger partial charge in [-0.15, -0.1) is 4.92 Å². The Morgan fingerprint density at radius 1 is 1.78 bits per heavy atom. The molecule has 0 heterocycles. The van der Waals surface area contributed by atoms with E-state index in [0.29, 0.717) is 0 Å². The Bertz CT molecular complexity index is 114. The van der Waals surface area contributed by atoms with Crippen molar-refractivity contribution >= 4 is 5.97 Å². The molecule has 0 saturated heterocycles. The van der Waals surface area contributed by atoms with Gasteiger partial charge in [-0.3, -0.25) is 14.9 Å². The van der Waals surface area contributed by atoms with Gasteiger partial charge < -0.3 is 4.74 Å². The zero-order valence-corrected chi connectivity index (χ0v) is 5.16. The minimum atomic E-state index is -0.949. The monoisotopic (exact) mass is 125 g/mol. The van der Waals surface area contributed by atoms with Gasteiger partial charge in [0.05, 0.1) is 7.11 Å². The van der Waals surface area contributed by atoms with E-state index >= 15 is 0 Å². The zero-order valence-electron chi connectivity index (χ0n) is 5.16. The number of carbonyl (C=O) groups excluding carboxylic acids is 1. The number of hydrogen-bond acceptors (Lipinski definition) is 4. The van der Waals surface area contributed by atoms with Crippen LogP contribution >= 0.6 is 0 Å². The number of methoxy groups -OCH3 is 1. The molecule has 0 fully saturated rings. The molecule has 46 valence electrons. The third-order valence-corrected chi connectivity index (χ3v) is 0.412. The fourth-order valence-electron chi connectivity index (χ4n) is 0.139. The number of esters is 1. The minimum Gasteiger partial charge on any atom is -0.487 e. The molecular formula is C3H4LiNO4. The topological polar surface area (TPSA) is 69.4 Å². The predicted octanol–water partition coefficient (Wildman–Crippen LogP) is -3.40. The van der Waals surface area contributed by atoms with Gasteiger partial charge in [-0.05, 0) is 0 Å². The summed E-state index contributed by atoms with van der Waals surface area (Å²) in [5.74, 6) is -0.949. The predicted molar refractivity (Wildman–Crippen MR) is 23.3 cm³/mol. The van der Waals surface area contributed by atoms with Crippen molar-refractivity contribution in [3.8, 4) is 0 Å². The van der Waals surface area contributed by atoms with E-state index < -0.39 is 10.9 Å². The van der Waals surface area contributed by atoms with E-state index in [9.17, 15) is 14.9 Å². The Balaban J connectivity index is 0. The van der Waals surface area contributed by atoms with Gasteiger partial charge in [0.2, 0.25) is 5.97 Å². The summed E-state index contributed by atoms with van der Waals surface area (Å²) in [7, 11) is 1.07. The number of carbonyl (C=O) groups is 1. The SMILES string of the molecule is COC(=O)[CH-][N+](=O)[O-].[Li+]. The van der Waals surface area contributed by atoms with Crippen LogP contribution in [-0.4, -0.2) is 18.0 Å². The van der Waals surface area contributed by atoms with Crippen LogP contribution in [0.15, 0.2) is 0 Å². The van der Waals surface area contributed by atoms with Gasteiger partial charge in [0.25, 0.3) is 0 Å². The van der Waals surface area contributed by atoms with E-state index in [0.717, 1.165) is 7.11 Å². The molecule has 6 heteroatoms. The first-order valence-corrected chi connectivity index (χ1v) is 1.73. The van der Waals surface area contributed by atoms with Crippen LogP contribution in [0.2, 0.25) is 0 Å². The third kappa shape index (κ3) is 7.34. The van der Waals surface area contributed by atoms with Crippen molar-refractivity contribution in [2.45, 2.75) is 0 Å². The molecule has 0 saturated carbocycles. The van der Waals surface area contributed by atoms with Gasteiger partial charge in [0.1, 0.15) is 0 Å². The van der Waals surface area contributed by atoms with Gasteiger partial charge in [-0.1, -0.05) is 0 Å². The molecule has 0 aromatic carbocycles. The van der Waals surface area contributed by atoms with E-state index in [1.807, 2.05) is 0 Å². The van der Waals surface area contributed by atoms with Gasteiger partial charge in [-0.25, -0.2) is 0 Å². The Morgan fingerprint density at radius 3 is 2.33 bits per heavy atom. The van der Waals surface area contributed by atoms with Crippen LogP contribution in [0, 0.1) is 16.7 Å². The van der Waals surface area contributed by atoms with E-state index in [2.05, 4.69) is 4.74 Å². The molecule has 0 N–H and O–H groups in total. The fourth-order valence-corrected chi connectivity index (χ4v) is 0.139. The van der Waals surface area contributed by atoms with Crippen molar-refractivity contribution in [2.24, 2.45) is 0 Å². The molecule has 0 radical (unpaired) electrons. The average Bonchev–Trinajstić information content (AvgIpc) is 1.65. The molecule has 0 atom stereocenters. The van der Waals surface area contributed by atoms with Crippen LogP contribution in [0.1, 0.15) is 0 Å². The maximum atomic E-state index is 9.90. The molecular weight excluding hydrogens is 121 g/mol. The molecule has 0 rings (SSSR count). The largest absolute Gasteiger partial charge is 1.00 e. The average molecular weight is 125 g/mol. The van der Waals surface area contributed by atoms with Crippen molar-refractivity contribution in [3.05, 3.63) is 16.7 Å². The van der Waals surface area contributed by atoms with Gasteiger partial charge in [0.15, 0.2) is 0 Å². The van der Waals surface area contributed by atoms with Gasteiger partial charge >= 0.3 is 18.9 Å². The number of rotatable bonds is 2. The van der Waals surface area contributed by atoms with Crippen LogP contribution in [0.4, 0.5) is 0 Å². The second kappa shape index (κ2) is 5.47.